The Balaban J connectivity index is 1.88. The summed E-state index contributed by atoms with van der Waals surface area (Å²) in [6, 6.07) is 22.6. The molecule has 2 aromatic carbocycles. The molecule has 0 aliphatic carbocycles. The lowest BCUT2D eigenvalue weighted by Gasteiger charge is -2.24. The summed E-state index contributed by atoms with van der Waals surface area (Å²) in [4.78, 5) is 7.16. The number of pyridine rings is 1. The molecule has 0 aliphatic rings. The van der Waals surface area contributed by atoms with E-state index in [0.29, 0.717) is 11.5 Å². The standard InChI is InChI=1S/C28H32ClN3/c1-4-5-9-16-32(19-21(2)3)20-22-12-14-24(15-13-22)27-26(23-10-7-6-8-11-23)17-25(18-30)28(29)31-27/h6-8,10-15,17,21H,4-5,9,16,19-20H2,1-3H3. The molecule has 0 amide bonds. The van der Waals surface area contributed by atoms with Crippen LogP contribution in [0.15, 0.2) is 60.7 Å². The zero-order valence-electron chi connectivity index (χ0n) is 19.3. The van der Waals surface area contributed by atoms with Crippen LogP contribution in [-0.2, 0) is 6.54 Å². The quantitative estimate of drug-likeness (QED) is 0.238. The second-order valence-electron chi connectivity index (χ2n) is 8.73. The van der Waals surface area contributed by atoms with E-state index < -0.39 is 0 Å². The summed E-state index contributed by atoms with van der Waals surface area (Å²) in [5.74, 6) is 0.648. The van der Waals surface area contributed by atoms with Gasteiger partial charge in [0.2, 0.25) is 0 Å². The predicted molar refractivity (Wildman–Crippen MR) is 134 cm³/mol. The Hall–Kier alpha value is -2.67. The normalized spacial score (nSPS) is 11.2. The van der Waals surface area contributed by atoms with Gasteiger partial charge < -0.3 is 0 Å². The molecule has 166 valence electrons. The van der Waals surface area contributed by atoms with Crippen LogP contribution in [0.5, 0.6) is 0 Å². The van der Waals surface area contributed by atoms with E-state index in [2.05, 4.69) is 61.0 Å². The molecule has 0 saturated heterocycles. The number of halogens is 1. The molecule has 1 heterocycles. The molecule has 3 aromatic rings. The van der Waals surface area contributed by atoms with Gasteiger partial charge in [0.15, 0.2) is 0 Å². The number of rotatable bonds is 10. The summed E-state index contributed by atoms with van der Waals surface area (Å²) in [5.41, 5.74) is 5.43. The van der Waals surface area contributed by atoms with Crippen molar-refractivity contribution in [2.45, 2.75) is 46.6 Å². The molecule has 0 radical (unpaired) electrons. The molecule has 0 atom stereocenters. The van der Waals surface area contributed by atoms with E-state index in [-0.39, 0.29) is 5.15 Å². The van der Waals surface area contributed by atoms with Crippen molar-refractivity contribution in [1.82, 2.24) is 9.88 Å². The van der Waals surface area contributed by atoms with Gasteiger partial charge in [0, 0.05) is 24.2 Å². The molecule has 0 spiro atoms. The average molecular weight is 446 g/mol. The van der Waals surface area contributed by atoms with E-state index >= 15 is 0 Å². The van der Waals surface area contributed by atoms with Crippen LogP contribution in [-0.4, -0.2) is 23.0 Å². The Morgan fingerprint density at radius 1 is 1.00 bits per heavy atom. The summed E-state index contributed by atoms with van der Waals surface area (Å²) >= 11 is 6.31. The maximum Gasteiger partial charge on any atom is 0.147 e. The van der Waals surface area contributed by atoms with Gasteiger partial charge in [0.05, 0.1) is 11.3 Å². The smallest absolute Gasteiger partial charge is 0.147 e. The van der Waals surface area contributed by atoms with Gasteiger partial charge >= 0.3 is 0 Å². The van der Waals surface area contributed by atoms with Crippen molar-refractivity contribution in [3.8, 4) is 28.5 Å². The fourth-order valence-electron chi connectivity index (χ4n) is 3.99. The highest BCUT2D eigenvalue weighted by atomic mass is 35.5. The lowest BCUT2D eigenvalue weighted by molar-refractivity contribution is 0.231. The molecule has 0 saturated carbocycles. The monoisotopic (exact) mass is 445 g/mol. The lowest BCUT2D eigenvalue weighted by Crippen LogP contribution is -2.28. The number of unbranched alkanes of at least 4 members (excludes halogenated alkanes) is 2. The first kappa shape index (κ1) is 24.0. The molecule has 0 aliphatic heterocycles. The van der Waals surface area contributed by atoms with Gasteiger partial charge in [0.25, 0.3) is 0 Å². The van der Waals surface area contributed by atoms with Crippen molar-refractivity contribution in [1.29, 1.82) is 5.26 Å². The summed E-state index contributed by atoms with van der Waals surface area (Å²) in [6.07, 6.45) is 3.77. The minimum atomic E-state index is 0.241. The fourth-order valence-corrected chi connectivity index (χ4v) is 4.17. The van der Waals surface area contributed by atoms with E-state index in [4.69, 9.17) is 11.6 Å². The van der Waals surface area contributed by atoms with Crippen molar-refractivity contribution >= 4 is 11.6 Å². The Kier molecular flexibility index (Phi) is 8.85. The number of nitrogens with zero attached hydrogens (tertiary/aromatic N) is 3. The summed E-state index contributed by atoms with van der Waals surface area (Å²) in [7, 11) is 0. The molecule has 0 bridgehead atoms. The van der Waals surface area contributed by atoms with E-state index in [9.17, 15) is 5.26 Å². The van der Waals surface area contributed by atoms with Crippen molar-refractivity contribution in [2.75, 3.05) is 13.1 Å². The molecular formula is C28H32ClN3. The van der Waals surface area contributed by atoms with Gasteiger partial charge in [-0.05, 0) is 36.1 Å². The van der Waals surface area contributed by atoms with Gasteiger partial charge in [-0.25, -0.2) is 4.98 Å². The van der Waals surface area contributed by atoms with Crippen LogP contribution in [0, 0.1) is 17.2 Å². The maximum absolute atomic E-state index is 9.43. The number of hydrogen-bond acceptors (Lipinski definition) is 3. The number of nitriles is 1. The number of aromatic nitrogens is 1. The van der Waals surface area contributed by atoms with Crippen LogP contribution < -0.4 is 0 Å². The topological polar surface area (TPSA) is 39.9 Å². The Morgan fingerprint density at radius 2 is 1.72 bits per heavy atom. The Labute approximate surface area is 197 Å². The van der Waals surface area contributed by atoms with Crippen LogP contribution in [0.4, 0.5) is 0 Å². The first-order chi connectivity index (χ1) is 15.5. The largest absolute Gasteiger partial charge is 0.299 e. The van der Waals surface area contributed by atoms with Gasteiger partial charge in [0.1, 0.15) is 11.2 Å². The van der Waals surface area contributed by atoms with Gasteiger partial charge in [-0.1, -0.05) is 99.8 Å². The van der Waals surface area contributed by atoms with E-state index in [1.807, 2.05) is 36.4 Å². The minimum absolute atomic E-state index is 0.241. The van der Waals surface area contributed by atoms with Gasteiger partial charge in [-0.2, -0.15) is 5.26 Å². The molecular weight excluding hydrogens is 414 g/mol. The number of hydrogen-bond donors (Lipinski definition) is 0. The summed E-state index contributed by atoms with van der Waals surface area (Å²) < 4.78 is 0. The second kappa shape index (κ2) is 11.8. The van der Waals surface area contributed by atoms with Crippen LogP contribution in [0.3, 0.4) is 0 Å². The third-order valence-corrected chi connectivity index (χ3v) is 5.80. The van der Waals surface area contributed by atoms with Gasteiger partial charge in [-0.15, -0.1) is 0 Å². The van der Waals surface area contributed by atoms with Crippen molar-refractivity contribution in [2.24, 2.45) is 5.92 Å². The second-order valence-corrected chi connectivity index (χ2v) is 9.09. The highest BCUT2D eigenvalue weighted by molar-refractivity contribution is 6.30. The lowest BCUT2D eigenvalue weighted by atomic mass is 9.97. The molecule has 0 N–H and O–H groups in total. The summed E-state index contributed by atoms with van der Waals surface area (Å²) in [5, 5.41) is 9.67. The molecule has 1 aromatic heterocycles. The van der Waals surface area contributed by atoms with Crippen molar-refractivity contribution in [3.63, 3.8) is 0 Å². The zero-order chi connectivity index (χ0) is 22.9. The maximum atomic E-state index is 9.43. The van der Waals surface area contributed by atoms with Crippen LogP contribution in [0.1, 0.15) is 51.2 Å². The van der Waals surface area contributed by atoms with Crippen LogP contribution in [0.2, 0.25) is 5.15 Å². The highest BCUT2D eigenvalue weighted by Gasteiger charge is 2.15. The molecule has 32 heavy (non-hydrogen) atoms. The SMILES string of the molecule is CCCCCN(Cc1ccc(-c2nc(Cl)c(C#N)cc2-c2ccccc2)cc1)CC(C)C. The molecule has 0 unspecified atom stereocenters. The third kappa shape index (κ3) is 6.42. The van der Waals surface area contributed by atoms with Crippen molar-refractivity contribution < 1.29 is 0 Å². The molecule has 0 fully saturated rings. The van der Waals surface area contributed by atoms with Gasteiger partial charge in [-0.3, -0.25) is 4.90 Å². The Morgan fingerprint density at radius 3 is 2.34 bits per heavy atom. The zero-order valence-corrected chi connectivity index (χ0v) is 20.1. The van der Waals surface area contributed by atoms with Crippen molar-refractivity contribution in [3.05, 3.63) is 76.9 Å². The third-order valence-electron chi connectivity index (χ3n) is 5.52. The number of benzene rings is 2. The van der Waals surface area contributed by atoms with E-state index in [1.54, 1.807) is 0 Å². The first-order valence-corrected chi connectivity index (χ1v) is 11.9. The molecule has 3 nitrogen and oxygen atoms in total. The molecule has 3 rings (SSSR count). The predicted octanol–water partition coefficient (Wildman–Crippen LogP) is 7.59. The average Bonchev–Trinajstić information content (AvgIpc) is 2.80. The summed E-state index contributed by atoms with van der Waals surface area (Å²) in [6.45, 7) is 10.0. The van der Waals surface area contributed by atoms with E-state index in [0.717, 1.165) is 42.0 Å². The fraction of sp³-hybridized carbons (Fsp3) is 0.357. The highest BCUT2D eigenvalue weighted by Crippen LogP contribution is 2.33. The van der Waals surface area contributed by atoms with E-state index in [1.165, 1.54) is 24.8 Å². The first-order valence-electron chi connectivity index (χ1n) is 11.5. The van der Waals surface area contributed by atoms with Crippen LogP contribution in [0.25, 0.3) is 22.4 Å². The van der Waals surface area contributed by atoms with Crippen LogP contribution >= 0.6 is 11.6 Å². The molecule has 4 heteroatoms. The minimum Gasteiger partial charge on any atom is -0.299 e. The Bertz CT molecular complexity index is 1040.